The molecule has 0 fully saturated rings. The third kappa shape index (κ3) is 6.12. The number of nitrogens with zero attached hydrogens (tertiary/aromatic N) is 2. The van der Waals surface area contributed by atoms with Gasteiger partial charge in [-0.25, -0.2) is 9.78 Å². The SMILES string of the molecule is COc1cc(Oc2ccc(NC(=O)[C@H](N(C(=O)O)C(C)(C)C)C(C)(C)C)cn2)ccc1C. The van der Waals surface area contributed by atoms with E-state index in [1.165, 1.54) is 11.1 Å². The van der Waals surface area contributed by atoms with Gasteiger partial charge in [0.25, 0.3) is 0 Å². The summed E-state index contributed by atoms with van der Waals surface area (Å²) >= 11 is 0. The molecule has 1 aromatic carbocycles. The summed E-state index contributed by atoms with van der Waals surface area (Å²) in [5.41, 5.74) is 0.0466. The van der Waals surface area contributed by atoms with Crippen molar-refractivity contribution >= 4 is 17.7 Å². The summed E-state index contributed by atoms with van der Waals surface area (Å²) in [6, 6.07) is 7.86. The predicted molar refractivity (Wildman–Crippen MR) is 124 cm³/mol. The molecular weight excluding hydrogens is 410 g/mol. The summed E-state index contributed by atoms with van der Waals surface area (Å²) in [6.07, 6.45) is 0.323. The minimum absolute atomic E-state index is 0.350. The first-order valence-corrected chi connectivity index (χ1v) is 10.4. The van der Waals surface area contributed by atoms with Crippen LogP contribution in [0.1, 0.15) is 47.1 Å². The Kier molecular flexibility index (Phi) is 7.38. The number of pyridine rings is 1. The zero-order chi connectivity index (χ0) is 24.3. The third-order valence-electron chi connectivity index (χ3n) is 4.86. The fourth-order valence-corrected chi connectivity index (χ4v) is 3.39. The van der Waals surface area contributed by atoms with E-state index in [-0.39, 0.29) is 0 Å². The van der Waals surface area contributed by atoms with Crippen molar-refractivity contribution in [2.24, 2.45) is 5.41 Å². The van der Waals surface area contributed by atoms with Crippen LogP contribution in [0.3, 0.4) is 0 Å². The van der Waals surface area contributed by atoms with Crippen molar-refractivity contribution in [3.8, 4) is 17.4 Å². The molecule has 0 unspecified atom stereocenters. The van der Waals surface area contributed by atoms with Gasteiger partial charge in [-0.2, -0.15) is 0 Å². The summed E-state index contributed by atoms with van der Waals surface area (Å²) in [4.78, 5) is 30.6. The minimum Gasteiger partial charge on any atom is -0.496 e. The molecule has 2 N–H and O–H groups in total. The summed E-state index contributed by atoms with van der Waals surface area (Å²) < 4.78 is 11.1. The van der Waals surface area contributed by atoms with Gasteiger partial charge in [0.2, 0.25) is 11.8 Å². The highest BCUT2D eigenvalue weighted by atomic mass is 16.5. The molecule has 8 heteroatoms. The third-order valence-corrected chi connectivity index (χ3v) is 4.86. The van der Waals surface area contributed by atoms with Crippen LogP contribution in [0.5, 0.6) is 17.4 Å². The molecule has 1 heterocycles. The van der Waals surface area contributed by atoms with Crippen molar-refractivity contribution < 1.29 is 24.2 Å². The lowest BCUT2D eigenvalue weighted by Crippen LogP contribution is -2.60. The number of methoxy groups -OCH3 is 1. The zero-order valence-electron chi connectivity index (χ0n) is 20.0. The van der Waals surface area contributed by atoms with Crippen molar-refractivity contribution in [1.82, 2.24) is 9.88 Å². The Hall–Kier alpha value is -3.29. The molecular formula is C24H33N3O5. The van der Waals surface area contributed by atoms with Crippen molar-refractivity contribution in [3.63, 3.8) is 0 Å². The molecule has 174 valence electrons. The first-order chi connectivity index (χ1) is 14.7. The molecule has 2 aromatic rings. The Balaban J connectivity index is 2.20. The first kappa shape index (κ1) is 25.0. The maximum Gasteiger partial charge on any atom is 0.408 e. The molecule has 2 amide bonds. The molecule has 1 atom stereocenters. The Morgan fingerprint density at radius 1 is 1.09 bits per heavy atom. The average Bonchev–Trinajstić information content (AvgIpc) is 2.66. The Bertz CT molecular complexity index is 959. The van der Waals surface area contributed by atoms with Crippen LogP contribution in [-0.2, 0) is 4.79 Å². The summed E-state index contributed by atoms with van der Waals surface area (Å²) in [6.45, 7) is 12.7. The zero-order valence-corrected chi connectivity index (χ0v) is 20.0. The quantitative estimate of drug-likeness (QED) is 0.626. The van der Waals surface area contributed by atoms with Gasteiger partial charge in [-0.1, -0.05) is 26.8 Å². The van der Waals surface area contributed by atoms with E-state index >= 15 is 0 Å². The molecule has 1 aromatic heterocycles. The largest absolute Gasteiger partial charge is 0.496 e. The Morgan fingerprint density at radius 2 is 1.75 bits per heavy atom. The number of aromatic nitrogens is 1. The highest BCUT2D eigenvalue weighted by Crippen LogP contribution is 2.31. The van der Waals surface area contributed by atoms with E-state index in [1.807, 2.05) is 39.8 Å². The van der Waals surface area contributed by atoms with E-state index in [0.717, 1.165) is 5.56 Å². The number of ether oxygens (including phenoxy) is 2. The van der Waals surface area contributed by atoms with Gasteiger partial charge in [-0.3, -0.25) is 9.69 Å². The second kappa shape index (κ2) is 9.46. The van der Waals surface area contributed by atoms with Crippen LogP contribution in [0, 0.1) is 12.3 Å². The number of benzene rings is 1. The number of hydrogen-bond acceptors (Lipinski definition) is 5. The van der Waals surface area contributed by atoms with Crippen LogP contribution >= 0.6 is 0 Å². The number of aryl methyl sites for hydroxylation is 1. The van der Waals surface area contributed by atoms with Crippen LogP contribution in [0.2, 0.25) is 0 Å². The second-order valence-corrected chi connectivity index (χ2v) is 9.70. The maximum atomic E-state index is 13.1. The van der Waals surface area contributed by atoms with E-state index in [0.29, 0.717) is 23.1 Å². The lowest BCUT2D eigenvalue weighted by atomic mass is 9.83. The van der Waals surface area contributed by atoms with Gasteiger partial charge in [-0.05, 0) is 50.8 Å². The van der Waals surface area contributed by atoms with Crippen LogP contribution in [0.25, 0.3) is 0 Å². The molecule has 0 saturated carbocycles. The van der Waals surface area contributed by atoms with Crippen molar-refractivity contribution in [3.05, 3.63) is 42.1 Å². The van der Waals surface area contributed by atoms with Gasteiger partial charge in [0.15, 0.2) is 0 Å². The summed E-state index contributed by atoms with van der Waals surface area (Å²) in [5.74, 6) is 1.21. The average molecular weight is 444 g/mol. The predicted octanol–water partition coefficient (Wildman–Crippen LogP) is 5.32. The van der Waals surface area contributed by atoms with Crippen molar-refractivity contribution in [2.45, 2.75) is 60.0 Å². The van der Waals surface area contributed by atoms with Gasteiger partial charge in [0.05, 0.1) is 19.0 Å². The van der Waals surface area contributed by atoms with E-state index < -0.39 is 29.0 Å². The molecule has 0 aliphatic rings. The second-order valence-electron chi connectivity index (χ2n) is 9.70. The number of rotatable bonds is 6. The number of anilines is 1. The highest BCUT2D eigenvalue weighted by molar-refractivity contribution is 5.97. The first-order valence-electron chi connectivity index (χ1n) is 10.4. The van der Waals surface area contributed by atoms with E-state index in [1.54, 1.807) is 46.1 Å². The minimum atomic E-state index is -1.15. The highest BCUT2D eigenvalue weighted by Gasteiger charge is 2.44. The van der Waals surface area contributed by atoms with E-state index in [4.69, 9.17) is 9.47 Å². The molecule has 32 heavy (non-hydrogen) atoms. The lowest BCUT2D eigenvalue weighted by molar-refractivity contribution is -0.126. The molecule has 0 saturated heterocycles. The molecule has 0 spiro atoms. The van der Waals surface area contributed by atoms with Crippen LogP contribution in [-0.4, -0.2) is 45.7 Å². The molecule has 2 rings (SSSR count). The van der Waals surface area contributed by atoms with Crippen molar-refractivity contribution in [2.75, 3.05) is 12.4 Å². The number of carboxylic acid groups (broad SMARTS) is 1. The van der Waals surface area contributed by atoms with Gasteiger partial charge in [-0.15, -0.1) is 0 Å². The topological polar surface area (TPSA) is 101 Å². The monoisotopic (exact) mass is 443 g/mol. The smallest absolute Gasteiger partial charge is 0.408 e. The van der Waals surface area contributed by atoms with E-state index in [9.17, 15) is 14.7 Å². The lowest BCUT2D eigenvalue weighted by Gasteiger charge is -2.44. The molecule has 0 aliphatic heterocycles. The fourth-order valence-electron chi connectivity index (χ4n) is 3.39. The van der Waals surface area contributed by atoms with E-state index in [2.05, 4.69) is 10.3 Å². The number of hydrogen-bond donors (Lipinski definition) is 2. The van der Waals surface area contributed by atoms with Crippen molar-refractivity contribution in [1.29, 1.82) is 0 Å². The van der Waals surface area contributed by atoms with Crippen LogP contribution < -0.4 is 14.8 Å². The molecule has 0 radical (unpaired) electrons. The normalized spacial score (nSPS) is 12.6. The fraction of sp³-hybridized carbons (Fsp3) is 0.458. The molecule has 0 bridgehead atoms. The number of nitrogens with one attached hydrogen (secondary N) is 1. The number of carbonyl (C=O) groups is 2. The summed E-state index contributed by atoms with van der Waals surface area (Å²) in [7, 11) is 1.60. The molecule has 8 nitrogen and oxygen atoms in total. The van der Waals surface area contributed by atoms with Gasteiger partial charge in [0.1, 0.15) is 17.5 Å². The standard InChI is InChI=1S/C24H33N3O5/c1-15-9-11-17(13-18(15)31-8)32-19-12-10-16(14-25-19)26-21(28)20(23(2,3)4)27(22(29)30)24(5,6)7/h9-14,20H,1-8H3,(H,26,28)(H,29,30)/t20-/m0/s1. The number of amides is 2. The van der Waals surface area contributed by atoms with Crippen LogP contribution in [0.4, 0.5) is 10.5 Å². The maximum absolute atomic E-state index is 13.1. The van der Waals surface area contributed by atoms with Gasteiger partial charge >= 0.3 is 6.09 Å². The Morgan fingerprint density at radius 3 is 2.22 bits per heavy atom. The molecule has 0 aliphatic carbocycles. The summed E-state index contributed by atoms with van der Waals surface area (Å²) in [5, 5.41) is 12.6. The van der Waals surface area contributed by atoms with Gasteiger partial charge < -0.3 is 19.9 Å². The number of carbonyl (C=O) groups excluding carboxylic acids is 1. The Labute approximate surface area is 189 Å². The van der Waals surface area contributed by atoms with Gasteiger partial charge in [0, 0.05) is 17.7 Å². The van der Waals surface area contributed by atoms with Crippen LogP contribution in [0.15, 0.2) is 36.5 Å².